The summed E-state index contributed by atoms with van der Waals surface area (Å²) in [5, 5.41) is 12.1. The van der Waals surface area contributed by atoms with Gasteiger partial charge < -0.3 is 28.9 Å². The van der Waals surface area contributed by atoms with Crippen molar-refractivity contribution in [2.45, 2.75) is 51.2 Å². The van der Waals surface area contributed by atoms with Crippen LogP contribution in [0.1, 0.15) is 36.8 Å². The molecule has 15 heteroatoms. The van der Waals surface area contributed by atoms with Crippen LogP contribution in [-0.2, 0) is 25.6 Å². The molecule has 0 radical (unpaired) electrons. The van der Waals surface area contributed by atoms with Gasteiger partial charge in [-0.2, -0.15) is 0 Å². The second kappa shape index (κ2) is 15.9. The molecule has 0 amide bonds. The second-order valence-electron chi connectivity index (χ2n) is 14.1. The average molecular weight is 797 g/mol. The van der Waals surface area contributed by atoms with Gasteiger partial charge in [0.25, 0.3) is 0 Å². The Balaban J connectivity index is 1.16. The van der Waals surface area contributed by atoms with Crippen LogP contribution in [0.15, 0.2) is 86.0 Å². The van der Waals surface area contributed by atoms with Crippen molar-refractivity contribution in [1.29, 1.82) is 0 Å². The zero-order chi connectivity index (χ0) is 38.9. The highest BCUT2D eigenvalue weighted by atomic mass is 35.5. The van der Waals surface area contributed by atoms with Crippen LogP contribution in [0.4, 0.5) is 11.6 Å². The summed E-state index contributed by atoms with van der Waals surface area (Å²) in [7, 11) is 1.38. The SMILES string of the molecule is COC(=O)/C=C/[C@@H]1CCCN1c1cc(-n2ccnc2)c2ccc(Cl)c(C[n+]3ccn(-c4cc(N5CC[C@H]5COCCC(=O)O)nc5c(C)c(Cl)ccc45)c3)c2n1. The number of carbonyl (C=O) groups excluding carboxylic acids is 1. The van der Waals surface area contributed by atoms with E-state index in [2.05, 4.69) is 36.1 Å². The molecule has 13 nitrogen and oxygen atoms in total. The number of aromatic nitrogens is 6. The van der Waals surface area contributed by atoms with Crippen molar-refractivity contribution in [1.82, 2.24) is 24.1 Å². The van der Waals surface area contributed by atoms with Crippen molar-refractivity contribution in [3.8, 4) is 11.4 Å². The molecule has 2 aromatic carbocycles. The van der Waals surface area contributed by atoms with E-state index in [0.717, 1.165) is 88.3 Å². The first-order valence-corrected chi connectivity index (χ1v) is 19.3. The van der Waals surface area contributed by atoms with Crippen LogP contribution in [0.3, 0.4) is 0 Å². The number of ether oxygens (including phenoxy) is 2. The van der Waals surface area contributed by atoms with Crippen LogP contribution in [-0.4, -0.2) is 86.6 Å². The molecule has 2 aliphatic heterocycles. The van der Waals surface area contributed by atoms with Gasteiger partial charge >= 0.3 is 11.9 Å². The van der Waals surface area contributed by atoms with Crippen molar-refractivity contribution < 1.29 is 28.7 Å². The van der Waals surface area contributed by atoms with Crippen LogP contribution in [0.5, 0.6) is 0 Å². The zero-order valence-electron chi connectivity index (χ0n) is 31.0. The lowest BCUT2D eigenvalue weighted by Crippen LogP contribution is -2.51. The van der Waals surface area contributed by atoms with E-state index in [1.54, 1.807) is 12.5 Å². The maximum atomic E-state index is 12.0. The molecular formula is C41H41Cl2N8O5+. The van der Waals surface area contributed by atoms with E-state index in [4.69, 9.17) is 47.8 Å². The number of pyridine rings is 2. The van der Waals surface area contributed by atoms with E-state index in [9.17, 15) is 9.59 Å². The number of carbonyl (C=O) groups is 2. The standard InChI is InChI=1S/C41H40Cl2N8O5/c1-26-32(42)8-6-29-35(21-36(45-40(26)29)51-15-11-28(51)23-56-19-12-38(52)53)49-18-17-47(25-49)22-31-33(43)9-7-30-34(48-16-13-44-24-48)20-37(46-41(30)31)50-14-3-4-27(50)5-10-39(54)55-2/h5-10,13,16-18,20-21,24-25,27-28H,3-4,11-12,14-15,19,22-23H2,1-2H3/p+1/b10-5+/t27-,28-/m0/s1. The number of aryl methyl sites for hydroxylation is 1. The lowest BCUT2D eigenvalue weighted by Gasteiger charge is -2.42. The lowest BCUT2D eigenvalue weighted by atomic mass is 10.0. The van der Waals surface area contributed by atoms with Crippen molar-refractivity contribution in [3.63, 3.8) is 0 Å². The normalized spacial score (nSPS) is 17.0. The summed E-state index contributed by atoms with van der Waals surface area (Å²) in [6.07, 6.45) is 17.6. The van der Waals surface area contributed by atoms with Crippen LogP contribution in [0, 0.1) is 6.92 Å². The van der Waals surface area contributed by atoms with Crippen molar-refractivity contribution in [3.05, 3.63) is 107 Å². The monoisotopic (exact) mass is 795 g/mol. The van der Waals surface area contributed by atoms with E-state index < -0.39 is 5.97 Å². The fourth-order valence-corrected chi connectivity index (χ4v) is 7.95. The molecule has 4 aromatic heterocycles. The number of anilines is 2. The first-order chi connectivity index (χ1) is 27.2. The highest BCUT2D eigenvalue weighted by Crippen LogP contribution is 2.36. The molecule has 56 heavy (non-hydrogen) atoms. The Morgan fingerprint density at radius 2 is 1.71 bits per heavy atom. The molecule has 2 atom stereocenters. The van der Waals surface area contributed by atoms with Gasteiger partial charge in [-0.05, 0) is 56.0 Å². The number of fused-ring (bicyclic) bond motifs is 2. The molecule has 1 N–H and O–H groups in total. The summed E-state index contributed by atoms with van der Waals surface area (Å²) in [5.41, 5.74) is 5.20. The maximum Gasteiger partial charge on any atom is 0.330 e. The number of carboxylic acids is 1. The lowest BCUT2D eigenvalue weighted by molar-refractivity contribution is -0.687. The fraction of sp³-hybridized carbons (Fsp3) is 0.317. The van der Waals surface area contributed by atoms with Crippen molar-refractivity contribution in [2.75, 3.05) is 43.2 Å². The number of carboxylic acid groups (broad SMARTS) is 1. The molecular weight excluding hydrogens is 755 g/mol. The number of hydrogen-bond acceptors (Lipinski definition) is 9. The number of esters is 1. The minimum absolute atomic E-state index is 0.0182. The van der Waals surface area contributed by atoms with Gasteiger partial charge in [-0.1, -0.05) is 29.3 Å². The number of rotatable bonds is 13. The van der Waals surface area contributed by atoms with Gasteiger partial charge in [0, 0.05) is 76.1 Å². The first kappa shape index (κ1) is 37.4. The van der Waals surface area contributed by atoms with Gasteiger partial charge in [0.05, 0.1) is 55.8 Å². The Labute approximate surface area is 333 Å². The molecule has 6 aromatic rings. The quantitative estimate of drug-likeness (QED) is 0.0600. The number of imidazole rings is 2. The average Bonchev–Trinajstić information content (AvgIpc) is 3.99. The Morgan fingerprint density at radius 3 is 2.45 bits per heavy atom. The summed E-state index contributed by atoms with van der Waals surface area (Å²) >= 11 is 13.7. The number of aliphatic carboxylic acids is 1. The highest BCUT2D eigenvalue weighted by molar-refractivity contribution is 6.32. The Kier molecular flexibility index (Phi) is 10.6. The maximum absolute atomic E-state index is 12.0. The predicted octanol–water partition coefficient (Wildman–Crippen LogP) is 6.48. The van der Waals surface area contributed by atoms with Crippen molar-refractivity contribution >= 4 is 68.6 Å². The number of halogens is 2. The second-order valence-corrected chi connectivity index (χ2v) is 14.9. The predicted molar refractivity (Wildman–Crippen MR) is 214 cm³/mol. The Hall–Kier alpha value is -5.50. The van der Waals surface area contributed by atoms with E-state index in [-0.39, 0.29) is 31.1 Å². The summed E-state index contributed by atoms with van der Waals surface area (Å²) in [4.78, 5) is 42.0. The smallest absolute Gasteiger partial charge is 0.330 e. The van der Waals surface area contributed by atoms with Gasteiger partial charge in [0.2, 0.25) is 6.33 Å². The van der Waals surface area contributed by atoms with E-state index in [1.807, 2.05) is 66.8 Å². The molecule has 0 unspecified atom stereocenters. The third kappa shape index (κ3) is 7.41. The molecule has 2 fully saturated rings. The third-order valence-electron chi connectivity index (χ3n) is 10.7. The third-order valence-corrected chi connectivity index (χ3v) is 11.4. The topological polar surface area (TPSA) is 132 Å². The number of nitrogens with zero attached hydrogens (tertiary/aromatic N) is 8. The first-order valence-electron chi connectivity index (χ1n) is 18.5. The minimum atomic E-state index is -0.877. The molecule has 2 aliphatic rings. The van der Waals surface area contributed by atoms with Gasteiger partial charge in [-0.3, -0.25) is 4.79 Å². The molecule has 0 spiro atoms. The summed E-state index contributed by atoms with van der Waals surface area (Å²) in [6, 6.07) is 12.0. The van der Waals surface area contributed by atoms with E-state index in [0.29, 0.717) is 23.2 Å². The largest absolute Gasteiger partial charge is 0.481 e. The van der Waals surface area contributed by atoms with Gasteiger partial charge in [0.15, 0.2) is 0 Å². The summed E-state index contributed by atoms with van der Waals surface area (Å²) in [6.45, 7) is 4.61. The minimum Gasteiger partial charge on any atom is -0.481 e. The molecule has 2 saturated heterocycles. The van der Waals surface area contributed by atoms with Crippen molar-refractivity contribution in [2.24, 2.45) is 0 Å². The van der Waals surface area contributed by atoms with Gasteiger partial charge in [0.1, 0.15) is 36.3 Å². The Morgan fingerprint density at radius 1 is 0.964 bits per heavy atom. The van der Waals surface area contributed by atoms with Crippen LogP contribution < -0.4 is 14.4 Å². The van der Waals surface area contributed by atoms with Crippen LogP contribution in [0.25, 0.3) is 33.2 Å². The zero-order valence-corrected chi connectivity index (χ0v) is 32.5. The molecule has 6 heterocycles. The van der Waals surface area contributed by atoms with Crippen LogP contribution >= 0.6 is 23.2 Å². The molecule has 0 saturated carbocycles. The van der Waals surface area contributed by atoms with Gasteiger partial charge in [-0.25, -0.2) is 28.9 Å². The molecule has 0 bridgehead atoms. The number of benzene rings is 2. The van der Waals surface area contributed by atoms with Crippen LogP contribution in [0.2, 0.25) is 10.0 Å². The van der Waals surface area contributed by atoms with E-state index >= 15 is 0 Å². The fourth-order valence-electron chi connectivity index (χ4n) is 7.58. The molecule has 8 rings (SSSR count). The van der Waals surface area contributed by atoms with E-state index in [1.165, 1.54) is 13.2 Å². The number of methoxy groups -OCH3 is 1. The molecule has 288 valence electrons. The number of hydrogen-bond donors (Lipinski definition) is 1. The summed E-state index contributed by atoms with van der Waals surface area (Å²) in [5.74, 6) is 0.321. The summed E-state index contributed by atoms with van der Waals surface area (Å²) < 4.78 is 16.7. The molecule has 0 aliphatic carbocycles. The van der Waals surface area contributed by atoms with Gasteiger partial charge in [-0.15, -0.1) is 0 Å². The highest BCUT2D eigenvalue weighted by Gasteiger charge is 2.31. The Bertz CT molecular complexity index is 2470.